The molecule has 3 nitrogen and oxygen atoms in total. The normalized spacial score (nSPS) is 35.0. The lowest BCUT2D eigenvalue weighted by molar-refractivity contribution is 0.000349. The second kappa shape index (κ2) is 7.01. The van der Waals surface area contributed by atoms with Gasteiger partial charge in [0.1, 0.15) is 5.75 Å². The highest BCUT2D eigenvalue weighted by Crippen LogP contribution is 2.52. The maximum absolute atomic E-state index is 6.17. The highest BCUT2D eigenvalue weighted by molar-refractivity contribution is 5.33. The van der Waals surface area contributed by atoms with Crippen LogP contribution in [-0.2, 0) is 6.42 Å². The Balaban J connectivity index is 0.000000131. The van der Waals surface area contributed by atoms with Gasteiger partial charge in [0.05, 0.1) is 7.11 Å². The Morgan fingerprint density at radius 2 is 1.59 bits per heavy atom. The van der Waals surface area contributed by atoms with Crippen molar-refractivity contribution in [2.45, 2.75) is 44.6 Å². The van der Waals surface area contributed by atoms with Gasteiger partial charge in [-0.3, -0.25) is 0 Å². The summed E-state index contributed by atoms with van der Waals surface area (Å²) in [6.45, 7) is 0.667. The van der Waals surface area contributed by atoms with E-state index in [1.54, 1.807) is 13.5 Å². The van der Waals surface area contributed by atoms with E-state index in [0.29, 0.717) is 12.6 Å². The van der Waals surface area contributed by atoms with Crippen LogP contribution < -0.4 is 16.2 Å². The van der Waals surface area contributed by atoms with E-state index in [2.05, 4.69) is 0 Å². The number of methoxy groups -OCH3 is 1. The summed E-state index contributed by atoms with van der Waals surface area (Å²) in [5.41, 5.74) is 12.8. The summed E-state index contributed by atoms with van der Waals surface area (Å²) in [4.78, 5) is 0. The second-order valence-corrected chi connectivity index (χ2v) is 7.36. The molecule has 4 N–H and O–H groups in total. The van der Waals surface area contributed by atoms with Crippen LogP contribution >= 0.6 is 0 Å². The molecule has 4 bridgehead atoms. The molecule has 0 aliphatic heterocycles. The van der Waals surface area contributed by atoms with Gasteiger partial charge in [-0.25, -0.2) is 0 Å². The monoisotopic (exact) mass is 302 g/mol. The average Bonchev–Trinajstić information content (AvgIpc) is 2.53. The number of nitrogens with two attached hydrogens (primary N) is 2. The smallest absolute Gasteiger partial charge is 0.122 e. The van der Waals surface area contributed by atoms with Crippen molar-refractivity contribution in [1.82, 2.24) is 0 Å². The second-order valence-electron chi connectivity index (χ2n) is 7.36. The zero-order chi connectivity index (χ0) is 15.5. The molecule has 4 aliphatic rings. The van der Waals surface area contributed by atoms with Crippen LogP contribution in [0.1, 0.15) is 37.7 Å². The lowest BCUT2D eigenvalue weighted by Crippen LogP contribution is -2.52. The van der Waals surface area contributed by atoms with Crippen LogP contribution in [0.15, 0.2) is 24.3 Å². The molecule has 1 aromatic carbocycles. The van der Waals surface area contributed by atoms with Crippen molar-refractivity contribution in [1.29, 1.82) is 0 Å². The van der Waals surface area contributed by atoms with Crippen LogP contribution in [-0.4, -0.2) is 19.7 Å². The molecule has 0 unspecified atom stereocenters. The van der Waals surface area contributed by atoms with Crippen LogP contribution in [0, 0.1) is 23.7 Å². The molecule has 4 fully saturated rings. The van der Waals surface area contributed by atoms with Gasteiger partial charge in [-0.2, -0.15) is 0 Å². The Labute approximate surface area is 134 Å². The van der Waals surface area contributed by atoms with Crippen LogP contribution in [0.3, 0.4) is 0 Å². The van der Waals surface area contributed by atoms with Crippen LogP contribution in [0.5, 0.6) is 5.75 Å². The molecule has 0 heterocycles. The molecule has 4 aliphatic carbocycles. The van der Waals surface area contributed by atoms with E-state index in [1.165, 1.54) is 31.2 Å². The van der Waals surface area contributed by atoms with Gasteiger partial charge in [-0.1, -0.05) is 18.2 Å². The minimum atomic E-state index is 0.586. The summed E-state index contributed by atoms with van der Waals surface area (Å²) in [7, 11) is 1.68. The molecule has 4 saturated carbocycles. The number of ether oxygens (including phenoxy) is 1. The number of hydrogen-bond donors (Lipinski definition) is 2. The lowest BCUT2D eigenvalue weighted by Gasteiger charge is -2.53. The Morgan fingerprint density at radius 1 is 1.00 bits per heavy atom. The summed E-state index contributed by atoms with van der Waals surface area (Å²) in [6, 6.07) is 8.52. The summed E-state index contributed by atoms with van der Waals surface area (Å²) in [6.07, 6.45) is 8.29. The Bertz CT molecular complexity index is 460. The van der Waals surface area contributed by atoms with Gasteiger partial charge in [0.15, 0.2) is 0 Å². The number of para-hydroxylation sites is 1. The predicted molar refractivity (Wildman–Crippen MR) is 90.8 cm³/mol. The fourth-order valence-corrected chi connectivity index (χ4v) is 5.03. The standard InChI is InChI=1S/C10H17N.C9H13NO/c11-10-8-2-6-1-7(4-8)5-9(10)3-6;1-11-9-5-3-2-4-8(9)6-7-10/h6-10H,1-5,11H2;2-5H,6-7,10H2,1H3. The number of hydrogen-bond acceptors (Lipinski definition) is 3. The van der Waals surface area contributed by atoms with Crippen molar-refractivity contribution in [3.05, 3.63) is 29.8 Å². The van der Waals surface area contributed by atoms with Crippen LogP contribution in [0.4, 0.5) is 0 Å². The molecule has 5 rings (SSSR count). The van der Waals surface area contributed by atoms with Gasteiger partial charge in [0.2, 0.25) is 0 Å². The van der Waals surface area contributed by atoms with Gasteiger partial charge in [-0.05, 0) is 80.4 Å². The predicted octanol–water partition coefficient (Wildman–Crippen LogP) is 2.97. The molecule has 0 atom stereocenters. The third-order valence-corrected chi connectivity index (χ3v) is 5.91. The molecule has 0 radical (unpaired) electrons. The van der Waals surface area contributed by atoms with Crippen molar-refractivity contribution < 1.29 is 4.74 Å². The maximum Gasteiger partial charge on any atom is 0.122 e. The van der Waals surface area contributed by atoms with E-state index in [1.807, 2.05) is 24.3 Å². The Kier molecular flexibility index (Phi) is 5.04. The van der Waals surface area contributed by atoms with Crippen molar-refractivity contribution in [3.63, 3.8) is 0 Å². The molecule has 0 amide bonds. The fraction of sp³-hybridized carbons (Fsp3) is 0.684. The summed E-state index contributed by atoms with van der Waals surface area (Å²) < 4.78 is 5.14. The van der Waals surface area contributed by atoms with Gasteiger partial charge >= 0.3 is 0 Å². The molecule has 3 heteroatoms. The third kappa shape index (κ3) is 3.31. The molecule has 0 aromatic heterocycles. The fourth-order valence-electron chi connectivity index (χ4n) is 5.03. The summed E-state index contributed by atoms with van der Waals surface area (Å²) >= 11 is 0. The largest absolute Gasteiger partial charge is 0.496 e. The van der Waals surface area contributed by atoms with E-state index in [-0.39, 0.29) is 0 Å². The van der Waals surface area contributed by atoms with Crippen molar-refractivity contribution in [3.8, 4) is 5.75 Å². The first-order chi connectivity index (χ1) is 10.7. The Hall–Kier alpha value is -1.06. The Morgan fingerprint density at radius 3 is 2.14 bits per heavy atom. The maximum atomic E-state index is 6.17. The first-order valence-corrected chi connectivity index (χ1v) is 8.78. The van der Waals surface area contributed by atoms with Crippen molar-refractivity contribution in [2.75, 3.05) is 13.7 Å². The zero-order valence-corrected chi connectivity index (χ0v) is 13.7. The summed E-state index contributed by atoms with van der Waals surface area (Å²) in [5, 5.41) is 0. The molecule has 1 aromatic rings. The van der Waals surface area contributed by atoms with E-state index >= 15 is 0 Å². The van der Waals surface area contributed by atoms with Crippen LogP contribution in [0.2, 0.25) is 0 Å². The summed E-state index contributed by atoms with van der Waals surface area (Å²) in [5.74, 6) is 4.94. The molecule has 122 valence electrons. The van der Waals surface area contributed by atoms with Gasteiger partial charge in [-0.15, -0.1) is 0 Å². The van der Waals surface area contributed by atoms with E-state index in [9.17, 15) is 0 Å². The lowest BCUT2D eigenvalue weighted by atomic mass is 9.54. The topological polar surface area (TPSA) is 61.3 Å². The number of rotatable bonds is 3. The highest BCUT2D eigenvalue weighted by atomic mass is 16.5. The molecular formula is C19H30N2O. The van der Waals surface area contributed by atoms with E-state index in [0.717, 1.165) is 35.8 Å². The van der Waals surface area contributed by atoms with Gasteiger partial charge < -0.3 is 16.2 Å². The molecule has 0 saturated heterocycles. The van der Waals surface area contributed by atoms with E-state index < -0.39 is 0 Å². The highest BCUT2D eigenvalue weighted by Gasteiger charge is 2.46. The quantitative estimate of drug-likeness (QED) is 0.902. The van der Waals surface area contributed by atoms with Gasteiger partial charge in [0, 0.05) is 6.04 Å². The third-order valence-electron chi connectivity index (χ3n) is 5.91. The molecule has 0 spiro atoms. The minimum absolute atomic E-state index is 0.586. The van der Waals surface area contributed by atoms with Crippen molar-refractivity contribution >= 4 is 0 Å². The SMILES string of the molecule is COc1ccccc1CCN.NC1C2CC3CC(C2)CC1C3. The van der Waals surface area contributed by atoms with Crippen molar-refractivity contribution in [2.24, 2.45) is 35.1 Å². The van der Waals surface area contributed by atoms with Gasteiger partial charge in [0.25, 0.3) is 0 Å². The zero-order valence-electron chi connectivity index (χ0n) is 13.7. The number of benzene rings is 1. The molecule has 22 heavy (non-hydrogen) atoms. The minimum Gasteiger partial charge on any atom is -0.496 e. The van der Waals surface area contributed by atoms with Crippen LogP contribution in [0.25, 0.3) is 0 Å². The molecular weight excluding hydrogens is 272 g/mol. The first-order valence-electron chi connectivity index (χ1n) is 8.78. The van der Waals surface area contributed by atoms with E-state index in [4.69, 9.17) is 16.2 Å². The average molecular weight is 302 g/mol. The first kappa shape index (κ1) is 15.8.